The molecule has 1 atom stereocenters. The molecule has 2 N–H and O–H groups in total. The van der Waals surface area contributed by atoms with E-state index in [1.807, 2.05) is 11.9 Å². The van der Waals surface area contributed by atoms with Gasteiger partial charge in [-0.25, -0.2) is 0 Å². The molecule has 1 amide bonds. The maximum atomic E-state index is 11.8. The van der Waals surface area contributed by atoms with Crippen LogP contribution in [0.25, 0.3) is 0 Å². The lowest BCUT2D eigenvalue weighted by atomic mass is 9.47. The first-order valence-corrected chi connectivity index (χ1v) is 7.50. The Labute approximate surface area is 110 Å². The fourth-order valence-corrected chi connectivity index (χ4v) is 5.46. The molecule has 102 valence electrons. The van der Waals surface area contributed by atoms with Crippen molar-refractivity contribution in [3.63, 3.8) is 0 Å². The van der Waals surface area contributed by atoms with E-state index in [-0.39, 0.29) is 12.5 Å². The second-order valence-corrected chi connectivity index (χ2v) is 7.16. The molecule has 4 saturated carbocycles. The van der Waals surface area contributed by atoms with E-state index in [2.05, 4.69) is 6.92 Å². The zero-order valence-corrected chi connectivity index (χ0v) is 11.7. The standard InChI is InChI=1S/C15H26N2O/c1-10(17(2)14(18)9-16)15-6-11-3-12(7-15)5-13(4-11)8-15/h10-13H,3-9,16H2,1-2H3. The van der Waals surface area contributed by atoms with Gasteiger partial charge in [0.25, 0.3) is 0 Å². The van der Waals surface area contributed by atoms with Crippen LogP contribution in [0.3, 0.4) is 0 Å². The van der Waals surface area contributed by atoms with Crippen molar-refractivity contribution in [3.05, 3.63) is 0 Å². The van der Waals surface area contributed by atoms with E-state index < -0.39 is 0 Å². The largest absolute Gasteiger partial charge is 0.341 e. The lowest BCUT2D eigenvalue weighted by Crippen LogP contribution is -2.56. The number of hydrogen-bond acceptors (Lipinski definition) is 2. The quantitative estimate of drug-likeness (QED) is 0.833. The van der Waals surface area contributed by atoms with Gasteiger partial charge in [-0.05, 0) is 68.6 Å². The van der Waals surface area contributed by atoms with Gasteiger partial charge < -0.3 is 10.6 Å². The summed E-state index contributed by atoms with van der Waals surface area (Å²) in [5, 5.41) is 0. The van der Waals surface area contributed by atoms with Crippen LogP contribution in [0, 0.1) is 23.2 Å². The van der Waals surface area contributed by atoms with E-state index in [1.54, 1.807) is 0 Å². The third-order valence-electron chi connectivity index (χ3n) is 6.12. The number of carbonyl (C=O) groups excluding carboxylic acids is 1. The molecule has 3 nitrogen and oxygen atoms in total. The lowest BCUT2D eigenvalue weighted by molar-refractivity contribution is -0.140. The van der Waals surface area contributed by atoms with Gasteiger partial charge >= 0.3 is 0 Å². The molecule has 18 heavy (non-hydrogen) atoms. The normalized spacial score (nSPS) is 42.9. The zero-order valence-electron chi connectivity index (χ0n) is 11.7. The van der Waals surface area contributed by atoms with Crippen molar-refractivity contribution in [2.75, 3.05) is 13.6 Å². The van der Waals surface area contributed by atoms with Gasteiger partial charge in [-0.3, -0.25) is 4.79 Å². The number of carbonyl (C=O) groups is 1. The summed E-state index contributed by atoms with van der Waals surface area (Å²) in [5.41, 5.74) is 5.92. The lowest BCUT2D eigenvalue weighted by Gasteiger charge is -2.60. The van der Waals surface area contributed by atoms with E-state index in [1.165, 1.54) is 38.5 Å². The Kier molecular flexibility index (Phi) is 2.92. The Bertz CT molecular complexity index is 317. The topological polar surface area (TPSA) is 46.3 Å². The molecule has 4 fully saturated rings. The van der Waals surface area contributed by atoms with Crippen LogP contribution >= 0.6 is 0 Å². The Hall–Kier alpha value is -0.570. The summed E-state index contributed by atoms with van der Waals surface area (Å²) in [7, 11) is 1.94. The fourth-order valence-electron chi connectivity index (χ4n) is 5.46. The summed E-state index contributed by atoms with van der Waals surface area (Å²) >= 11 is 0. The van der Waals surface area contributed by atoms with Crippen LogP contribution in [0.5, 0.6) is 0 Å². The van der Waals surface area contributed by atoms with Gasteiger partial charge in [0.15, 0.2) is 0 Å². The monoisotopic (exact) mass is 250 g/mol. The van der Waals surface area contributed by atoms with Gasteiger partial charge in [-0.1, -0.05) is 0 Å². The molecule has 1 unspecified atom stereocenters. The molecule has 4 aliphatic rings. The minimum absolute atomic E-state index is 0.0956. The molecule has 0 spiro atoms. The third-order valence-corrected chi connectivity index (χ3v) is 6.12. The Morgan fingerprint density at radius 1 is 1.22 bits per heavy atom. The first-order valence-electron chi connectivity index (χ1n) is 7.50. The summed E-state index contributed by atoms with van der Waals surface area (Å²) in [5.74, 6) is 2.93. The van der Waals surface area contributed by atoms with E-state index in [4.69, 9.17) is 5.73 Å². The molecule has 4 aliphatic carbocycles. The minimum atomic E-state index is 0.0956. The molecule has 3 heteroatoms. The Balaban J connectivity index is 1.80. The van der Waals surface area contributed by atoms with Crippen molar-refractivity contribution >= 4 is 5.91 Å². The van der Waals surface area contributed by atoms with Crippen LogP contribution < -0.4 is 5.73 Å². The van der Waals surface area contributed by atoms with E-state index in [0.29, 0.717) is 11.5 Å². The molecular formula is C15H26N2O. The van der Waals surface area contributed by atoms with Gasteiger partial charge in [0, 0.05) is 13.1 Å². The highest BCUT2D eigenvalue weighted by Crippen LogP contribution is 2.61. The number of rotatable bonds is 3. The smallest absolute Gasteiger partial charge is 0.236 e. The van der Waals surface area contributed by atoms with E-state index in [0.717, 1.165) is 17.8 Å². The predicted molar refractivity (Wildman–Crippen MR) is 71.9 cm³/mol. The average Bonchev–Trinajstić information content (AvgIpc) is 2.34. The van der Waals surface area contributed by atoms with Crippen molar-refractivity contribution in [3.8, 4) is 0 Å². The molecular weight excluding hydrogens is 224 g/mol. The van der Waals surface area contributed by atoms with Gasteiger partial charge in [-0.2, -0.15) is 0 Å². The first-order chi connectivity index (χ1) is 8.54. The highest BCUT2D eigenvalue weighted by Gasteiger charge is 2.54. The molecule has 0 aromatic carbocycles. The summed E-state index contributed by atoms with van der Waals surface area (Å²) in [6.07, 6.45) is 8.43. The average molecular weight is 250 g/mol. The molecule has 0 radical (unpaired) electrons. The van der Waals surface area contributed by atoms with E-state index in [9.17, 15) is 4.79 Å². The summed E-state index contributed by atoms with van der Waals surface area (Å²) in [6.45, 7) is 2.40. The Morgan fingerprint density at radius 3 is 2.06 bits per heavy atom. The predicted octanol–water partition coefficient (Wildman–Crippen LogP) is 2.01. The van der Waals surface area contributed by atoms with E-state index >= 15 is 0 Å². The molecule has 0 saturated heterocycles. The Morgan fingerprint density at radius 2 is 1.67 bits per heavy atom. The number of nitrogens with two attached hydrogens (primary N) is 1. The molecule has 4 bridgehead atoms. The van der Waals surface area contributed by atoms with Crippen molar-refractivity contribution in [1.82, 2.24) is 4.90 Å². The van der Waals surface area contributed by atoms with Crippen molar-refractivity contribution in [2.45, 2.75) is 51.5 Å². The second-order valence-electron chi connectivity index (χ2n) is 7.16. The number of likely N-dealkylation sites (N-methyl/N-ethyl adjacent to an activating group) is 1. The number of amides is 1. The van der Waals surface area contributed by atoms with Gasteiger partial charge in [0.05, 0.1) is 6.54 Å². The summed E-state index contributed by atoms with van der Waals surface area (Å²) < 4.78 is 0. The molecule has 0 heterocycles. The second kappa shape index (κ2) is 4.22. The third kappa shape index (κ3) is 1.78. The van der Waals surface area contributed by atoms with Crippen molar-refractivity contribution in [2.24, 2.45) is 28.9 Å². The van der Waals surface area contributed by atoms with Crippen LogP contribution in [0.1, 0.15) is 45.4 Å². The molecule has 4 rings (SSSR count). The summed E-state index contributed by atoms with van der Waals surface area (Å²) in [6, 6.07) is 0.363. The maximum absolute atomic E-state index is 11.8. The number of nitrogens with zero attached hydrogens (tertiary/aromatic N) is 1. The van der Waals surface area contributed by atoms with Crippen LogP contribution in [0.4, 0.5) is 0 Å². The highest BCUT2D eigenvalue weighted by molar-refractivity contribution is 5.78. The van der Waals surface area contributed by atoms with Crippen LogP contribution in [-0.4, -0.2) is 30.4 Å². The van der Waals surface area contributed by atoms with Crippen molar-refractivity contribution < 1.29 is 4.79 Å². The SMILES string of the molecule is CC(N(C)C(=O)CN)C12CC3CC(CC(C3)C1)C2. The van der Waals surface area contributed by atoms with Gasteiger partial charge in [0.1, 0.15) is 0 Å². The number of hydrogen-bond donors (Lipinski definition) is 1. The first kappa shape index (κ1) is 12.5. The fraction of sp³-hybridized carbons (Fsp3) is 0.933. The molecule has 0 aliphatic heterocycles. The summed E-state index contributed by atoms with van der Waals surface area (Å²) in [4.78, 5) is 13.8. The van der Waals surface area contributed by atoms with Gasteiger partial charge in [0.2, 0.25) is 5.91 Å². The highest BCUT2D eigenvalue weighted by atomic mass is 16.2. The van der Waals surface area contributed by atoms with Gasteiger partial charge in [-0.15, -0.1) is 0 Å². The molecule has 0 aromatic rings. The van der Waals surface area contributed by atoms with Crippen LogP contribution in [-0.2, 0) is 4.79 Å². The van der Waals surface area contributed by atoms with Crippen LogP contribution in [0.15, 0.2) is 0 Å². The zero-order chi connectivity index (χ0) is 12.9. The van der Waals surface area contributed by atoms with Crippen molar-refractivity contribution in [1.29, 1.82) is 0 Å². The maximum Gasteiger partial charge on any atom is 0.236 e. The minimum Gasteiger partial charge on any atom is -0.341 e. The molecule has 0 aromatic heterocycles. The van der Waals surface area contributed by atoms with Crippen LogP contribution in [0.2, 0.25) is 0 Å².